The van der Waals surface area contributed by atoms with E-state index in [4.69, 9.17) is 5.11 Å². The molecule has 1 aromatic rings. The molecule has 0 aliphatic heterocycles. The monoisotopic (exact) mass is 217 g/mol. The normalized spacial score (nSPS) is 13.1. The molecule has 3 nitrogen and oxygen atoms in total. The summed E-state index contributed by atoms with van der Waals surface area (Å²) in [4.78, 5) is 10.6. The van der Waals surface area contributed by atoms with Crippen molar-refractivity contribution in [1.82, 2.24) is 4.57 Å². The highest BCUT2D eigenvalue weighted by Gasteiger charge is 2.14. The van der Waals surface area contributed by atoms with Gasteiger partial charge >= 0.3 is 5.97 Å². The summed E-state index contributed by atoms with van der Waals surface area (Å²) < 4.78 is 25.4. The fourth-order valence-electron chi connectivity index (χ4n) is 1.24. The number of aryl methyl sites for hydroxylation is 1. The molecule has 1 aromatic heterocycles. The van der Waals surface area contributed by atoms with Gasteiger partial charge in [0.1, 0.15) is 0 Å². The van der Waals surface area contributed by atoms with Gasteiger partial charge in [-0.25, -0.2) is 8.78 Å². The summed E-state index contributed by atoms with van der Waals surface area (Å²) in [5.74, 6) is -1.51. The first-order valence-corrected chi connectivity index (χ1v) is 4.67. The molecule has 5 heteroatoms. The molecule has 0 saturated heterocycles. The minimum atomic E-state index is -2.33. The molecule has 1 rings (SSSR count). The first-order valence-electron chi connectivity index (χ1n) is 4.67. The second kappa shape index (κ2) is 4.91. The molecule has 0 spiro atoms. The maximum atomic E-state index is 11.9. The van der Waals surface area contributed by atoms with Gasteiger partial charge in [-0.3, -0.25) is 4.79 Å². The van der Waals surface area contributed by atoms with Gasteiger partial charge in [0.15, 0.2) is 0 Å². The predicted octanol–water partition coefficient (Wildman–Crippen LogP) is 2.33. The summed E-state index contributed by atoms with van der Waals surface area (Å²) in [6, 6.07) is 1.64. The highest BCUT2D eigenvalue weighted by atomic mass is 19.3. The average Bonchev–Trinajstić information content (AvgIpc) is 2.61. The van der Waals surface area contributed by atoms with Gasteiger partial charge in [-0.05, 0) is 18.6 Å². The number of halogens is 2. The van der Waals surface area contributed by atoms with E-state index in [-0.39, 0.29) is 13.0 Å². The first kappa shape index (κ1) is 11.7. The Morgan fingerprint density at radius 1 is 1.60 bits per heavy atom. The van der Waals surface area contributed by atoms with Gasteiger partial charge in [0.25, 0.3) is 0 Å². The van der Waals surface area contributed by atoms with Crippen LogP contribution < -0.4 is 0 Å². The maximum absolute atomic E-state index is 11.9. The number of carbonyl (C=O) groups is 1. The van der Waals surface area contributed by atoms with Gasteiger partial charge in [0, 0.05) is 25.4 Å². The van der Waals surface area contributed by atoms with Crippen LogP contribution in [0.2, 0.25) is 0 Å². The number of nitrogens with zero attached hydrogens (tertiary/aromatic N) is 1. The van der Waals surface area contributed by atoms with Crippen LogP contribution in [0.3, 0.4) is 0 Å². The Morgan fingerprint density at radius 3 is 2.80 bits per heavy atom. The van der Waals surface area contributed by atoms with E-state index in [9.17, 15) is 13.6 Å². The van der Waals surface area contributed by atoms with Crippen LogP contribution in [0, 0.1) is 0 Å². The molecule has 0 aromatic carbocycles. The van der Waals surface area contributed by atoms with E-state index >= 15 is 0 Å². The van der Waals surface area contributed by atoms with Crippen molar-refractivity contribution in [2.24, 2.45) is 0 Å². The minimum absolute atomic E-state index is 0.212. The highest BCUT2D eigenvalue weighted by Crippen LogP contribution is 2.16. The molecule has 1 heterocycles. The maximum Gasteiger partial charge on any atom is 0.310 e. The van der Waals surface area contributed by atoms with Crippen molar-refractivity contribution in [2.45, 2.75) is 32.2 Å². The Kier molecular flexibility index (Phi) is 3.82. The van der Waals surface area contributed by atoms with Crippen LogP contribution >= 0.6 is 0 Å². The molecule has 0 amide bonds. The Bertz CT molecular complexity index is 336. The van der Waals surface area contributed by atoms with Crippen molar-refractivity contribution in [3.63, 3.8) is 0 Å². The zero-order valence-electron chi connectivity index (χ0n) is 8.36. The van der Waals surface area contributed by atoms with Gasteiger partial charge in [-0.2, -0.15) is 0 Å². The lowest BCUT2D eigenvalue weighted by Gasteiger charge is -2.03. The molecule has 0 fully saturated rings. The number of carboxylic acids is 1. The molecule has 1 N–H and O–H groups in total. The quantitative estimate of drug-likeness (QED) is 0.822. The van der Waals surface area contributed by atoms with Crippen LogP contribution in [0.1, 0.15) is 24.8 Å². The molecular formula is C10H13F2NO2. The third-order valence-electron chi connectivity index (χ3n) is 2.25. The number of aromatic nitrogens is 1. The first-order chi connectivity index (χ1) is 7.00. The van der Waals surface area contributed by atoms with E-state index in [1.807, 2.05) is 0 Å². The Morgan fingerprint density at radius 2 is 2.27 bits per heavy atom. The van der Waals surface area contributed by atoms with Crippen LogP contribution in [-0.4, -0.2) is 22.1 Å². The van der Waals surface area contributed by atoms with Gasteiger partial charge in [0.05, 0.1) is 5.92 Å². The smallest absolute Gasteiger partial charge is 0.310 e. The topological polar surface area (TPSA) is 42.2 Å². The van der Waals surface area contributed by atoms with E-state index in [0.717, 1.165) is 0 Å². The molecule has 84 valence electrons. The number of rotatable bonds is 5. The van der Waals surface area contributed by atoms with Gasteiger partial charge in [-0.15, -0.1) is 0 Å². The second-order valence-electron chi connectivity index (χ2n) is 3.42. The lowest BCUT2D eigenvalue weighted by Crippen LogP contribution is -2.06. The van der Waals surface area contributed by atoms with Crippen molar-refractivity contribution in [3.8, 4) is 0 Å². The standard InChI is InChI=1S/C10H13F2NO2/c1-7(10(14)15)8-2-4-13(6-8)5-3-9(11)12/h2,4,6-7,9H,3,5H2,1H3,(H,14,15). The van der Waals surface area contributed by atoms with E-state index in [1.54, 1.807) is 30.0 Å². The summed E-state index contributed by atoms with van der Waals surface area (Å²) in [5.41, 5.74) is 0.636. The SMILES string of the molecule is CC(C(=O)O)c1ccn(CCC(F)F)c1. The van der Waals surface area contributed by atoms with Crippen molar-refractivity contribution in [3.05, 3.63) is 24.0 Å². The zero-order valence-corrected chi connectivity index (χ0v) is 8.36. The fourth-order valence-corrected chi connectivity index (χ4v) is 1.24. The van der Waals surface area contributed by atoms with Crippen molar-refractivity contribution >= 4 is 5.97 Å². The Hall–Kier alpha value is -1.39. The molecule has 15 heavy (non-hydrogen) atoms. The van der Waals surface area contributed by atoms with Gasteiger partial charge < -0.3 is 9.67 Å². The van der Waals surface area contributed by atoms with Crippen LogP contribution in [-0.2, 0) is 11.3 Å². The lowest BCUT2D eigenvalue weighted by molar-refractivity contribution is -0.138. The fraction of sp³-hybridized carbons (Fsp3) is 0.500. The molecule has 0 aliphatic carbocycles. The van der Waals surface area contributed by atoms with Gasteiger partial charge in [-0.1, -0.05) is 0 Å². The largest absolute Gasteiger partial charge is 0.481 e. The number of aliphatic carboxylic acids is 1. The van der Waals surface area contributed by atoms with E-state index in [0.29, 0.717) is 5.56 Å². The number of hydrogen-bond acceptors (Lipinski definition) is 1. The lowest BCUT2D eigenvalue weighted by atomic mass is 10.1. The average molecular weight is 217 g/mol. The van der Waals surface area contributed by atoms with Crippen LogP contribution in [0.15, 0.2) is 18.5 Å². The number of carboxylic acid groups (broad SMARTS) is 1. The summed E-state index contributed by atoms with van der Waals surface area (Å²) in [6.07, 6.45) is 0.682. The molecule has 0 bridgehead atoms. The van der Waals surface area contributed by atoms with E-state index in [2.05, 4.69) is 0 Å². The molecule has 1 atom stereocenters. The number of hydrogen-bond donors (Lipinski definition) is 1. The highest BCUT2D eigenvalue weighted by molar-refractivity contribution is 5.75. The van der Waals surface area contributed by atoms with E-state index in [1.165, 1.54) is 0 Å². The molecule has 1 unspecified atom stereocenters. The molecule has 0 aliphatic rings. The zero-order chi connectivity index (χ0) is 11.4. The van der Waals surface area contributed by atoms with E-state index < -0.39 is 18.3 Å². The Labute approximate surface area is 86.3 Å². The van der Waals surface area contributed by atoms with Crippen molar-refractivity contribution < 1.29 is 18.7 Å². The third-order valence-corrected chi connectivity index (χ3v) is 2.25. The van der Waals surface area contributed by atoms with Crippen LogP contribution in [0.4, 0.5) is 8.78 Å². The number of alkyl halides is 2. The van der Waals surface area contributed by atoms with Crippen LogP contribution in [0.5, 0.6) is 0 Å². The molecular weight excluding hydrogens is 204 g/mol. The summed E-state index contributed by atoms with van der Waals surface area (Å²) >= 11 is 0. The van der Waals surface area contributed by atoms with Crippen molar-refractivity contribution in [2.75, 3.05) is 0 Å². The third kappa shape index (κ3) is 3.34. The molecule has 0 saturated carbocycles. The molecule has 0 radical (unpaired) electrons. The predicted molar refractivity (Wildman–Crippen MR) is 51.1 cm³/mol. The summed E-state index contributed by atoms with van der Waals surface area (Å²) in [7, 11) is 0. The Balaban J connectivity index is 2.60. The van der Waals surface area contributed by atoms with Gasteiger partial charge in [0.2, 0.25) is 6.43 Å². The summed E-state index contributed by atoms with van der Waals surface area (Å²) in [5, 5.41) is 8.73. The van der Waals surface area contributed by atoms with Crippen molar-refractivity contribution in [1.29, 1.82) is 0 Å². The summed E-state index contributed by atoms with van der Waals surface area (Å²) in [6.45, 7) is 1.78. The minimum Gasteiger partial charge on any atom is -0.481 e. The van der Waals surface area contributed by atoms with Crippen LogP contribution in [0.25, 0.3) is 0 Å². The second-order valence-corrected chi connectivity index (χ2v) is 3.42.